The van der Waals surface area contributed by atoms with Crippen molar-refractivity contribution in [2.24, 2.45) is 22.7 Å². The highest BCUT2D eigenvalue weighted by Crippen LogP contribution is 2.66. The smallest absolute Gasteiger partial charge is 0.328 e. The Morgan fingerprint density at radius 1 is 1.08 bits per heavy atom. The lowest BCUT2D eigenvalue weighted by Crippen LogP contribution is -2.66. The van der Waals surface area contributed by atoms with Gasteiger partial charge in [-0.3, -0.25) is 0 Å². The van der Waals surface area contributed by atoms with Gasteiger partial charge in [0.25, 0.3) is 0 Å². The minimum absolute atomic E-state index is 0.107. The Bertz CT molecular complexity index is 556. The van der Waals surface area contributed by atoms with E-state index in [1.54, 1.807) is 6.92 Å². The molecule has 5 nitrogen and oxygen atoms in total. The number of carbonyl (C=O) groups excluding carboxylic acids is 2. The van der Waals surface area contributed by atoms with Crippen LogP contribution >= 0.6 is 0 Å². The topological polar surface area (TPSA) is 67.4 Å². The summed E-state index contributed by atoms with van der Waals surface area (Å²) in [4.78, 5) is 25.0. The first-order valence-corrected chi connectivity index (χ1v) is 10.3. The average molecular weight is 365 g/mol. The van der Waals surface area contributed by atoms with Gasteiger partial charge < -0.3 is 15.4 Å². The molecule has 0 radical (unpaired) electrons. The monoisotopic (exact) mass is 364 g/mol. The summed E-state index contributed by atoms with van der Waals surface area (Å²) in [5.41, 5.74) is 0.587. The third-order valence-corrected chi connectivity index (χ3v) is 6.59. The Hall–Kier alpha value is -1.26. The van der Waals surface area contributed by atoms with Crippen molar-refractivity contribution in [3.63, 3.8) is 0 Å². The number of rotatable bonds is 6. The maximum Gasteiger partial charge on any atom is 0.328 e. The van der Waals surface area contributed by atoms with Crippen molar-refractivity contribution in [3.8, 4) is 0 Å². The molecule has 0 saturated heterocycles. The lowest BCUT2D eigenvalue weighted by atomic mass is 9.43. The van der Waals surface area contributed by atoms with E-state index in [4.69, 9.17) is 4.74 Å². The van der Waals surface area contributed by atoms with Gasteiger partial charge >= 0.3 is 12.0 Å². The van der Waals surface area contributed by atoms with Gasteiger partial charge in [-0.25, -0.2) is 9.59 Å². The van der Waals surface area contributed by atoms with Gasteiger partial charge in [0.1, 0.15) is 6.04 Å². The van der Waals surface area contributed by atoms with Crippen molar-refractivity contribution >= 4 is 12.0 Å². The molecule has 0 spiro atoms. The first kappa shape index (κ1) is 19.5. The number of carbonyl (C=O) groups is 2. The van der Waals surface area contributed by atoms with E-state index in [1.807, 2.05) is 13.8 Å². The molecule has 26 heavy (non-hydrogen) atoms. The van der Waals surface area contributed by atoms with Crippen LogP contribution in [0, 0.1) is 22.7 Å². The highest BCUT2D eigenvalue weighted by atomic mass is 16.5. The molecule has 4 aliphatic carbocycles. The molecule has 4 bridgehead atoms. The zero-order valence-electron chi connectivity index (χ0n) is 17.1. The van der Waals surface area contributed by atoms with Crippen LogP contribution < -0.4 is 10.6 Å². The van der Waals surface area contributed by atoms with Crippen molar-refractivity contribution < 1.29 is 14.3 Å². The fourth-order valence-electron chi connectivity index (χ4n) is 6.95. The van der Waals surface area contributed by atoms with E-state index in [9.17, 15) is 9.59 Å². The van der Waals surface area contributed by atoms with E-state index in [0.29, 0.717) is 29.8 Å². The van der Waals surface area contributed by atoms with Crippen LogP contribution in [0.1, 0.15) is 79.6 Å². The summed E-state index contributed by atoms with van der Waals surface area (Å²) >= 11 is 0. The minimum Gasteiger partial charge on any atom is -0.464 e. The molecule has 4 aliphatic rings. The molecule has 4 saturated carbocycles. The van der Waals surface area contributed by atoms with Crippen LogP contribution in [0.5, 0.6) is 0 Å². The summed E-state index contributed by atoms with van der Waals surface area (Å²) in [7, 11) is 0. The van der Waals surface area contributed by atoms with Gasteiger partial charge in [-0.05, 0) is 74.5 Å². The molecule has 4 fully saturated rings. The molecule has 0 aliphatic heterocycles. The molecule has 3 atom stereocenters. The van der Waals surface area contributed by atoms with E-state index in [1.165, 1.54) is 19.3 Å². The SMILES string of the molecule is CCOC(=O)[C@H](CC(C)C)NC(=O)NC12CC3CC(C)(CC(C)(C3)C1)C2. The largest absolute Gasteiger partial charge is 0.464 e. The molecular formula is C21H36N2O3. The summed E-state index contributed by atoms with van der Waals surface area (Å²) in [6.45, 7) is 11.0. The van der Waals surface area contributed by atoms with Crippen molar-refractivity contribution in [2.45, 2.75) is 91.1 Å². The van der Waals surface area contributed by atoms with Crippen molar-refractivity contribution in [3.05, 3.63) is 0 Å². The van der Waals surface area contributed by atoms with Crippen molar-refractivity contribution in [1.82, 2.24) is 10.6 Å². The van der Waals surface area contributed by atoms with E-state index < -0.39 is 6.04 Å². The normalized spacial score (nSPS) is 38.9. The first-order valence-electron chi connectivity index (χ1n) is 10.3. The highest BCUT2D eigenvalue weighted by Gasteiger charge is 2.60. The third-order valence-electron chi connectivity index (χ3n) is 6.59. The lowest BCUT2D eigenvalue weighted by Gasteiger charge is -2.65. The number of hydrogen-bond acceptors (Lipinski definition) is 3. The van der Waals surface area contributed by atoms with Gasteiger partial charge in [0.15, 0.2) is 0 Å². The van der Waals surface area contributed by atoms with E-state index in [-0.39, 0.29) is 17.5 Å². The molecule has 0 aromatic rings. The maximum atomic E-state index is 12.8. The molecule has 0 heterocycles. The summed E-state index contributed by atoms with van der Waals surface area (Å²) in [6, 6.07) is -0.784. The molecule has 4 rings (SSSR count). The van der Waals surface area contributed by atoms with Crippen LogP contribution in [0.2, 0.25) is 0 Å². The maximum absolute atomic E-state index is 12.8. The fraction of sp³-hybridized carbons (Fsp3) is 0.905. The van der Waals surface area contributed by atoms with E-state index in [2.05, 4.69) is 24.5 Å². The van der Waals surface area contributed by atoms with Crippen LogP contribution in [0.4, 0.5) is 4.79 Å². The second kappa shape index (κ2) is 6.72. The van der Waals surface area contributed by atoms with Crippen LogP contribution in [0.3, 0.4) is 0 Å². The van der Waals surface area contributed by atoms with Crippen molar-refractivity contribution in [1.29, 1.82) is 0 Å². The Morgan fingerprint density at radius 2 is 1.69 bits per heavy atom. The predicted octanol–water partition coefficient (Wildman–Crippen LogP) is 4.01. The second-order valence-electron chi connectivity index (χ2n) is 10.4. The quantitative estimate of drug-likeness (QED) is 0.700. The third kappa shape index (κ3) is 4.01. The number of urea groups is 1. The molecule has 2 N–H and O–H groups in total. The number of amides is 2. The summed E-state index contributed by atoms with van der Waals surface area (Å²) in [5, 5.41) is 6.23. The number of ether oxygens (including phenoxy) is 1. The van der Waals surface area contributed by atoms with Crippen LogP contribution in [0.25, 0.3) is 0 Å². The molecule has 0 aromatic heterocycles. The number of esters is 1. The average Bonchev–Trinajstić information content (AvgIpc) is 2.41. The number of nitrogens with one attached hydrogen (secondary N) is 2. The van der Waals surface area contributed by atoms with Gasteiger partial charge in [-0.2, -0.15) is 0 Å². The van der Waals surface area contributed by atoms with Gasteiger partial charge in [-0.1, -0.05) is 27.7 Å². The summed E-state index contributed by atoms with van der Waals surface area (Å²) < 4.78 is 5.15. The van der Waals surface area contributed by atoms with Crippen LogP contribution in [-0.4, -0.2) is 30.2 Å². The molecule has 2 unspecified atom stereocenters. The molecular weight excluding hydrogens is 328 g/mol. The lowest BCUT2D eigenvalue weighted by molar-refractivity contribution is -0.146. The van der Waals surface area contributed by atoms with Crippen LogP contribution in [-0.2, 0) is 9.53 Å². The Morgan fingerprint density at radius 3 is 2.19 bits per heavy atom. The predicted molar refractivity (Wildman–Crippen MR) is 102 cm³/mol. The zero-order valence-corrected chi connectivity index (χ0v) is 17.1. The minimum atomic E-state index is -0.574. The first-order chi connectivity index (χ1) is 12.1. The van der Waals surface area contributed by atoms with Gasteiger partial charge in [0.05, 0.1) is 6.61 Å². The van der Waals surface area contributed by atoms with Gasteiger partial charge in [0.2, 0.25) is 0 Å². The highest BCUT2D eigenvalue weighted by molar-refractivity contribution is 5.84. The van der Waals surface area contributed by atoms with Crippen LogP contribution in [0.15, 0.2) is 0 Å². The van der Waals surface area contributed by atoms with Gasteiger partial charge in [0, 0.05) is 5.54 Å². The Balaban J connectivity index is 1.68. The van der Waals surface area contributed by atoms with E-state index in [0.717, 1.165) is 25.2 Å². The Kier molecular flexibility index (Phi) is 5.04. The summed E-state index contributed by atoms with van der Waals surface area (Å²) in [5.74, 6) is 0.695. The molecule has 2 amide bonds. The summed E-state index contributed by atoms with van der Waals surface area (Å²) in [6.07, 6.45) is 7.68. The second-order valence-corrected chi connectivity index (χ2v) is 10.4. The fourth-order valence-corrected chi connectivity index (χ4v) is 6.95. The zero-order chi connectivity index (χ0) is 19.2. The van der Waals surface area contributed by atoms with Gasteiger partial charge in [-0.15, -0.1) is 0 Å². The molecule has 0 aromatic carbocycles. The van der Waals surface area contributed by atoms with E-state index >= 15 is 0 Å². The Labute approximate surface area is 158 Å². The number of hydrogen-bond donors (Lipinski definition) is 2. The molecule has 5 heteroatoms. The van der Waals surface area contributed by atoms with Crippen molar-refractivity contribution in [2.75, 3.05) is 6.61 Å². The molecule has 148 valence electrons. The standard InChI is InChI=1S/C21H36N2O3/c1-6-26-17(24)16(7-14(2)3)22-18(25)23-21-10-15-8-19(4,12-21)11-20(5,9-15)13-21/h14-16H,6-13H2,1-5H3,(H2,22,23,25)/t15?,16-,19?,20?,21?/m0/s1.